The van der Waals surface area contributed by atoms with E-state index in [1.54, 1.807) is 22.9 Å². The third kappa shape index (κ3) is 3.88. The lowest BCUT2D eigenvalue weighted by Crippen LogP contribution is -2.42. The first-order chi connectivity index (χ1) is 13.6. The largest absolute Gasteiger partial charge is 0.365 e. The Balaban J connectivity index is 1.59. The van der Waals surface area contributed by atoms with E-state index in [1.807, 2.05) is 4.90 Å². The van der Waals surface area contributed by atoms with Gasteiger partial charge in [0.2, 0.25) is 5.91 Å². The number of primary amides is 1. The topological polar surface area (TPSA) is 81.2 Å². The number of carbonyl (C=O) groups excluding carboxylic acids is 2. The van der Waals surface area contributed by atoms with Crippen molar-refractivity contribution in [2.45, 2.75) is 46.2 Å². The zero-order valence-corrected chi connectivity index (χ0v) is 18.1. The third-order valence-electron chi connectivity index (χ3n) is 5.92. The molecule has 6 nitrogen and oxygen atoms in total. The van der Waals surface area contributed by atoms with Gasteiger partial charge in [0, 0.05) is 18.5 Å². The molecule has 154 valence electrons. The standard InChI is InChI=1S/C21H24Cl2N4O2/c1-21(2)9-12(10-21)7-17(28)26-5-6-27-16(11-26)18(20(24)29)19(25-27)13-3-4-14(22)15(23)8-13/h3-4,8,12H,5-7,9-11H2,1-2H3,(H2,24,29). The van der Waals surface area contributed by atoms with Gasteiger partial charge in [-0.15, -0.1) is 0 Å². The number of nitrogens with zero attached hydrogens (tertiary/aromatic N) is 3. The Labute approximate surface area is 179 Å². The summed E-state index contributed by atoms with van der Waals surface area (Å²) in [4.78, 5) is 26.9. The Morgan fingerprint density at radius 3 is 2.55 bits per heavy atom. The highest BCUT2D eigenvalue weighted by atomic mass is 35.5. The van der Waals surface area contributed by atoms with Crippen LogP contribution in [0.2, 0.25) is 10.0 Å². The van der Waals surface area contributed by atoms with Crippen LogP contribution in [0.25, 0.3) is 11.3 Å². The summed E-state index contributed by atoms with van der Waals surface area (Å²) in [5, 5.41) is 5.40. The van der Waals surface area contributed by atoms with Crippen molar-refractivity contribution in [1.29, 1.82) is 0 Å². The molecule has 0 bridgehead atoms. The summed E-state index contributed by atoms with van der Waals surface area (Å²) in [6.07, 6.45) is 2.72. The Morgan fingerprint density at radius 2 is 1.93 bits per heavy atom. The van der Waals surface area contributed by atoms with E-state index in [2.05, 4.69) is 18.9 Å². The van der Waals surface area contributed by atoms with Crippen LogP contribution >= 0.6 is 23.2 Å². The third-order valence-corrected chi connectivity index (χ3v) is 6.66. The first kappa shape index (κ1) is 20.2. The molecule has 0 saturated heterocycles. The van der Waals surface area contributed by atoms with E-state index in [4.69, 9.17) is 28.9 Å². The summed E-state index contributed by atoms with van der Waals surface area (Å²) in [6.45, 7) is 5.90. The van der Waals surface area contributed by atoms with Crippen molar-refractivity contribution in [3.8, 4) is 11.3 Å². The van der Waals surface area contributed by atoms with Crippen LogP contribution in [-0.2, 0) is 17.9 Å². The number of hydrogen-bond donors (Lipinski definition) is 1. The summed E-state index contributed by atoms with van der Waals surface area (Å²) in [5.41, 5.74) is 8.20. The van der Waals surface area contributed by atoms with Crippen LogP contribution in [0.15, 0.2) is 18.2 Å². The Hall–Kier alpha value is -2.05. The molecule has 2 amide bonds. The van der Waals surface area contributed by atoms with E-state index in [-0.39, 0.29) is 5.91 Å². The summed E-state index contributed by atoms with van der Waals surface area (Å²) >= 11 is 12.1. The minimum absolute atomic E-state index is 0.129. The van der Waals surface area contributed by atoms with Gasteiger partial charge in [-0.25, -0.2) is 0 Å². The maximum Gasteiger partial charge on any atom is 0.252 e. The fourth-order valence-electron chi connectivity index (χ4n) is 4.66. The maximum atomic E-state index is 12.8. The zero-order chi connectivity index (χ0) is 20.9. The van der Waals surface area contributed by atoms with Gasteiger partial charge >= 0.3 is 0 Å². The van der Waals surface area contributed by atoms with Crippen molar-refractivity contribution in [3.05, 3.63) is 39.5 Å². The van der Waals surface area contributed by atoms with Gasteiger partial charge in [0.1, 0.15) is 5.69 Å². The fraction of sp³-hybridized carbons (Fsp3) is 0.476. The van der Waals surface area contributed by atoms with Gasteiger partial charge in [0.15, 0.2) is 0 Å². The van der Waals surface area contributed by atoms with Gasteiger partial charge in [0.05, 0.1) is 34.4 Å². The van der Waals surface area contributed by atoms with Gasteiger partial charge in [-0.3, -0.25) is 14.3 Å². The highest BCUT2D eigenvalue weighted by Crippen LogP contribution is 2.46. The van der Waals surface area contributed by atoms with Crippen LogP contribution in [0.3, 0.4) is 0 Å². The van der Waals surface area contributed by atoms with Crippen LogP contribution in [0.1, 0.15) is 49.2 Å². The number of carbonyl (C=O) groups is 2. The SMILES string of the molecule is CC1(C)CC(CC(=O)N2CCn3nc(-c4ccc(Cl)c(Cl)c4)c(C(N)=O)c3C2)C1. The van der Waals surface area contributed by atoms with Crippen molar-refractivity contribution in [2.24, 2.45) is 17.1 Å². The molecule has 0 unspecified atom stereocenters. The van der Waals surface area contributed by atoms with Crippen LogP contribution in [-0.4, -0.2) is 33.0 Å². The highest BCUT2D eigenvalue weighted by molar-refractivity contribution is 6.42. The monoisotopic (exact) mass is 434 g/mol. The molecule has 1 fully saturated rings. The van der Waals surface area contributed by atoms with Gasteiger partial charge in [-0.05, 0) is 36.3 Å². The van der Waals surface area contributed by atoms with E-state index < -0.39 is 5.91 Å². The fourth-order valence-corrected chi connectivity index (χ4v) is 4.96. The minimum atomic E-state index is -0.567. The van der Waals surface area contributed by atoms with Gasteiger partial charge in [0.25, 0.3) is 5.91 Å². The quantitative estimate of drug-likeness (QED) is 0.785. The Bertz CT molecular complexity index is 991. The van der Waals surface area contributed by atoms with E-state index >= 15 is 0 Å². The molecule has 0 spiro atoms. The number of benzene rings is 1. The summed E-state index contributed by atoms with van der Waals surface area (Å²) < 4.78 is 1.77. The Kier molecular flexibility index (Phi) is 5.11. The molecule has 8 heteroatoms. The molecular formula is C21H24Cl2N4O2. The second-order valence-corrected chi connectivity index (χ2v) is 9.66. The van der Waals surface area contributed by atoms with E-state index in [1.165, 1.54) is 0 Å². The molecule has 1 aliphatic heterocycles. The molecule has 2 aliphatic rings. The average molecular weight is 435 g/mol. The summed E-state index contributed by atoms with van der Waals surface area (Å²) in [6, 6.07) is 5.10. The maximum absolute atomic E-state index is 12.8. The van der Waals surface area contributed by atoms with Gasteiger partial charge < -0.3 is 10.6 Å². The number of halogens is 2. The molecule has 2 N–H and O–H groups in total. The van der Waals surface area contributed by atoms with E-state index in [0.717, 1.165) is 12.8 Å². The first-order valence-corrected chi connectivity index (χ1v) is 10.5. The molecule has 4 rings (SSSR count). The van der Waals surface area contributed by atoms with Crippen molar-refractivity contribution in [2.75, 3.05) is 6.54 Å². The second kappa shape index (κ2) is 7.33. The molecule has 29 heavy (non-hydrogen) atoms. The highest BCUT2D eigenvalue weighted by Gasteiger charge is 2.38. The number of nitrogens with two attached hydrogens (primary N) is 1. The molecule has 2 aromatic rings. The van der Waals surface area contributed by atoms with E-state index in [9.17, 15) is 9.59 Å². The smallest absolute Gasteiger partial charge is 0.252 e. The molecule has 1 saturated carbocycles. The van der Waals surface area contributed by atoms with Crippen molar-refractivity contribution in [1.82, 2.24) is 14.7 Å². The lowest BCUT2D eigenvalue weighted by atomic mass is 9.63. The first-order valence-electron chi connectivity index (χ1n) is 9.77. The molecule has 1 aromatic heterocycles. The van der Waals surface area contributed by atoms with Gasteiger partial charge in [-0.2, -0.15) is 5.10 Å². The van der Waals surface area contributed by atoms with Gasteiger partial charge in [-0.1, -0.05) is 43.1 Å². The van der Waals surface area contributed by atoms with E-state index in [0.29, 0.717) is 69.9 Å². The lowest BCUT2D eigenvalue weighted by Gasteiger charge is -2.43. The summed E-state index contributed by atoms with van der Waals surface area (Å²) in [5.74, 6) is 0.0125. The van der Waals surface area contributed by atoms with Crippen LogP contribution < -0.4 is 5.73 Å². The molecule has 2 heterocycles. The average Bonchev–Trinajstić information content (AvgIpc) is 3.01. The molecule has 0 atom stereocenters. The normalized spacial score (nSPS) is 18.3. The minimum Gasteiger partial charge on any atom is -0.365 e. The summed E-state index contributed by atoms with van der Waals surface area (Å²) in [7, 11) is 0. The van der Waals surface area contributed by atoms with Crippen molar-refractivity contribution < 1.29 is 9.59 Å². The number of aromatic nitrogens is 2. The lowest BCUT2D eigenvalue weighted by molar-refractivity contribution is -0.135. The number of amides is 2. The zero-order valence-electron chi connectivity index (χ0n) is 16.5. The van der Waals surface area contributed by atoms with Crippen LogP contribution in [0.5, 0.6) is 0 Å². The molecular weight excluding hydrogens is 411 g/mol. The number of hydrogen-bond acceptors (Lipinski definition) is 3. The molecule has 1 aromatic carbocycles. The predicted molar refractivity (Wildman–Crippen MR) is 113 cm³/mol. The van der Waals surface area contributed by atoms with Crippen LogP contribution in [0.4, 0.5) is 0 Å². The predicted octanol–water partition coefficient (Wildman–Crippen LogP) is 4.12. The second-order valence-electron chi connectivity index (χ2n) is 8.84. The van der Waals surface area contributed by atoms with Crippen molar-refractivity contribution in [3.63, 3.8) is 0 Å². The Morgan fingerprint density at radius 1 is 1.21 bits per heavy atom. The molecule has 1 aliphatic carbocycles. The number of fused-ring (bicyclic) bond motifs is 1. The van der Waals surface area contributed by atoms with Crippen LogP contribution in [0, 0.1) is 11.3 Å². The van der Waals surface area contributed by atoms with Crippen molar-refractivity contribution >= 4 is 35.0 Å². The molecule has 0 radical (unpaired) electrons. The number of rotatable bonds is 4.